The molecule has 1 aromatic carbocycles. The summed E-state index contributed by atoms with van der Waals surface area (Å²) in [6.45, 7) is 0.973. The molecule has 3 aromatic rings. The van der Waals surface area contributed by atoms with Crippen molar-refractivity contribution in [3.05, 3.63) is 35.2 Å². The number of hydrogen-bond donors (Lipinski definition) is 1. The Kier molecular flexibility index (Phi) is 4.29. The summed E-state index contributed by atoms with van der Waals surface area (Å²) in [5.74, 6) is 1.01. The van der Waals surface area contributed by atoms with Crippen LogP contribution >= 0.6 is 11.6 Å². The number of benzene rings is 1. The third-order valence-corrected chi connectivity index (χ3v) is 5.16. The van der Waals surface area contributed by atoms with Crippen LogP contribution in [0.25, 0.3) is 22.4 Å². The molecular weight excluding hydrogens is 341 g/mol. The van der Waals surface area contributed by atoms with Crippen LogP contribution in [0.1, 0.15) is 25.7 Å². The van der Waals surface area contributed by atoms with Crippen LogP contribution in [-0.4, -0.2) is 33.8 Å². The Labute approximate surface area is 150 Å². The molecule has 1 aliphatic carbocycles. The van der Waals surface area contributed by atoms with Gasteiger partial charge in [0, 0.05) is 19.2 Å². The maximum atomic E-state index is 14.3. The van der Waals surface area contributed by atoms with Crippen molar-refractivity contribution in [2.24, 2.45) is 5.92 Å². The number of nitrogens with one attached hydrogen (secondary N) is 1. The molecule has 2 heterocycles. The van der Waals surface area contributed by atoms with Crippen molar-refractivity contribution < 1.29 is 4.39 Å². The summed E-state index contributed by atoms with van der Waals surface area (Å²) < 4.78 is 14.3. The molecular formula is C18H19ClFN5. The van der Waals surface area contributed by atoms with E-state index in [-0.39, 0.29) is 5.02 Å². The molecule has 0 aliphatic heterocycles. The summed E-state index contributed by atoms with van der Waals surface area (Å²) in [5, 5.41) is 7.12. The molecule has 7 heteroatoms. The Bertz CT molecular complexity index is 904. The lowest BCUT2D eigenvalue weighted by Crippen LogP contribution is -2.25. The Balaban J connectivity index is 1.65. The van der Waals surface area contributed by atoms with Gasteiger partial charge in [-0.15, -0.1) is 0 Å². The highest BCUT2D eigenvalue weighted by Crippen LogP contribution is 2.31. The lowest BCUT2D eigenvalue weighted by Gasteiger charge is -2.21. The van der Waals surface area contributed by atoms with Crippen LogP contribution < -0.4 is 4.90 Å². The average Bonchev–Trinajstić information content (AvgIpc) is 3.26. The van der Waals surface area contributed by atoms with Crippen LogP contribution in [-0.2, 0) is 0 Å². The lowest BCUT2D eigenvalue weighted by atomic mass is 10.1. The van der Waals surface area contributed by atoms with E-state index in [1.807, 2.05) is 7.05 Å². The van der Waals surface area contributed by atoms with E-state index in [4.69, 9.17) is 11.6 Å². The highest BCUT2D eigenvalue weighted by molar-refractivity contribution is 6.31. The first kappa shape index (κ1) is 16.3. The van der Waals surface area contributed by atoms with Crippen LogP contribution in [0.5, 0.6) is 0 Å². The van der Waals surface area contributed by atoms with E-state index < -0.39 is 5.82 Å². The third-order valence-electron chi connectivity index (χ3n) is 4.87. The Morgan fingerprint density at radius 3 is 2.92 bits per heavy atom. The van der Waals surface area contributed by atoms with Crippen LogP contribution in [0.15, 0.2) is 24.4 Å². The zero-order chi connectivity index (χ0) is 17.4. The molecule has 130 valence electrons. The zero-order valence-electron chi connectivity index (χ0n) is 14.0. The van der Waals surface area contributed by atoms with Gasteiger partial charge in [-0.2, -0.15) is 5.10 Å². The van der Waals surface area contributed by atoms with Crippen LogP contribution in [0.4, 0.5) is 10.2 Å². The summed E-state index contributed by atoms with van der Waals surface area (Å²) in [6.07, 6.45) is 6.91. The molecule has 1 aliphatic rings. The molecule has 0 spiro atoms. The molecule has 4 rings (SSSR count). The Morgan fingerprint density at radius 1 is 1.32 bits per heavy atom. The summed E-state index contributed by atoms with van der Waals surface area (Å²) in [5.41, 5.74) is 1.85. The van der Waals surface area contributed by atoms with E-state index >= 15 is 0 Å². The minimum Gasteiger partial charge on any atom is -0.358 e. The van der Waals surface area contributed by atoms with Gasteiger partial charge < -0.3 is 4.90 Å². The fourth-order valence-electron chi connectivity index (χ4n) is 3.53. The van der Waals surface area contributed by atoms with Gasteiger partial charge in [0.1, 0.15) is 11.3 Å². The molecule has 1 N–H and O–H groups in total. The van der Waals surface area contributed by atoms with Crippen molar-refractivity contribution in [3.63, 3.8) is 0 Å². The normalized spacial score (nSPS) is 15.2. The fraction of sp³-hybridized carbons (Fsp3) is 0.389. The van der Waals surface area contributed by atoms with E-state index in [9.17, 15) is 4.39 Å². The maximum absolute atomic E-state index is 14.3. The first-order valence-electron chi connectivity index (χ1n) is 8.50. The van der Waals surface area contributed by atoms with E-state index in [0.29, 0.717) is 22.4 Å². The van der Waals surface area contributed by atoms with Crippen LogP contribution in [0.2, 0.25) is 5.02 Å². The summed E-state index contributed by atoms with van der Waals surface area (Å²) in [4.78, 5) is 11.2. The van der Waals surface area contributed by atoms with Gasteiger partial charge >= 0.3 is 0 Å². The van der Waals surface area contributed by atoms with Gasteiger partial charge in [-0.25, -0.2) is 14.4 Å². The quantitative estimate of drug-likeness (QED) is 0.748. The number of nitrogens with zero attached hydrogens (tertiary/aromatic N) is 4. The summed E-state index contributed by atoms with van der Waals surface area (Å²) in [7, 11) is 2.03. The SMILES string of the molecule is CN(CC1CCCC1)c1cnc2c(-c3cccc(Cl)c3F)[nH]nc2n1. The van der Waals surface area contributed by atoms with E-state index in [0.717, 1.165) is 18.3 Å². The van der Waals surface area contributed by atoms with Gasteiger partial charge in [-0.1, -0.05) is 30.5 Å². The molecule has 1 fully saturated rings. The van der Waals surface area contributed by atoms with Crippen molar-refractivity contribution in [2.75, 3.05) is 18.5 Å². The van der Waals surface area contributed by atoms with Gasteiger partial charge in [0.15, 0.2) is 5.82 Å². The highest BCUT2D eigenvalue weighted by Gasteiger charge is 2.20. The molecule has 1 saturated carbocycles. The molecule has 2 aromatic heterocycles. The predicted molar refractivity (Wildman–Crippen MR) is 97.3 cm³/mol. The number of rotatable bonds is 4. The minimum atomic E-state index is -0.487. The second kappa shape index (κ2) is 6.59. The maximum Gasteiger partial charge on any atom is 0.202 e. The predicted octanol–water partition coefficient (Wildman–Crippen LogP) is 4.44. The van der Waals surface area contributed by atoms with Crippen LogP contribution in [0, 0.1) is 11.7 Å². The highest BCUT2D eigenvalue weighted by atomic mass is 35.5. The molecule has 0 radical (unpaired) electrons. The lowest BCUT2D eigenvalue weighted by molar-refractivity contribution is 0.545. The number of halogens is 2. The van der Waals surface area contributed by atoms with Crippen LogP contribution in [0.3, 0.4) is 0 Å². The molecule has 25 heavy (non-hydrogen) atoms. The average molecular weight is 360 g/mol. The van der Waals surface area contributed by atoms with Gasteiger partial charge in [-0.3, -0.25) is 5.10 Å². The van der Waals surface area contributed by atoms with Crippen molar-refractivity contribution in [2.45, 2.75) is 25.7 Å². The van der Waals surface area contributed by atoms with Gasteiger partial charge in [0.2, 0.25) is 5.65 Å². The standard InChI is InChI=1S/C18H19ClFN5/c1-25(10-11-5-2-3-6-11)14-9-21-17-16(23-24-18(17)22-14)12-7-4-8-13(19)15(12)20/h4,7-9,11H,2-3,5-6,10H2,1H3,(H,22,23,24). The fourth-order valence-corrected chi connectivity index (χ4v) is 3.70. The largest absolute Gasteiger partial charge is 0.358 e. The monoisotopic (exact) mass is 359 g/mol. The smallest absolute Gasteiger partial charge is 0.202 e. The first-order chi connectivity index (χ1) is 12.1. The van der Waals surface area contributed by atoms with Gasteiger partial charge in [-0.05, 0) is 30.9 Å². The van der Waals surface area contributed by atoms with E-state index in [1.165, 1.54) is 31.7 Å². The summed E-state index contributed by atoms with van der Waals surface area (Å²) in [6, 6.07) is 4.86. The minimum absolute atomic E-state index is 0.0705. The third kappa shape index (κ3) is 3.06. The molecule has 0 unspecified atom stereocenters. The molecule has 0 amide bonds. The molecule has 0 bridgehead atoms. The van der Waals surface area contributed by atoms with Crippen molar-refractivity contribution in [3.8, 4) is 11.3 Å². The number of anilines is 1. The van der Waals surface area contributed by atoms with Gasteiger partial charge in [0.25, 0.3) is 0 Å². The molecule has 5 nitrogen and oxygen atoms in total. The second-order valence-corrected chi connectivity index (χ2v) is 7.04. The molecule has 0 saturated heterocycles. The Morgan fingerprint density at radius 2 is 2.12 bits per heavy atom. The first-order valence-corrected chi connectivity index (χ1v) is 8.88. The molecule has 0 atom stereocenters. The summed E-state index contributed by atoms with van der Waals surface area (Å²) >= 11 is 5.88. The second-order valence-electron chi connectivity index (χ2n) is 6.63. The number of H-pyrrole nitrogens is 1. The number of aromatic amines is 1. The zero-order valence-corrected chi connectivity index (χ0v) is 14.7. The van der Waals surface area contributed by atoms with Crippen molar-refractivity contribution in [1.82, 2.24) is 20.2 Å². The van der Waals surface area contributed by atoms with E-state index in [1.54, 1.807) is 18.3 Å². The van der Waals surface area contributed by atoms with E-state index in [2.05, 4.69) is 25.1 Å². The van der Waals surface area contributed by atoms with Gasteiger partial charge in [0.05, 0.1) is 16.9 Å². The number of aromatic nitrogens is 4. The topological polar surface area (TPSA) is 57.7 Å². The number of hydrogen-bond acceptors (Lipinski definition) is 4. The van der Waals surface area contributed by atoms with Crippen molar-refractivity contribution >= 4 is 28.6 Å². The number of fused-ring (bicyclic) bond motifs is 1. The van der Waals surface area contributed by atoms with Crippen molar-refractivity contribution in [1.29, 1.82) is 0 Å². The Hall–Kier alpha value is -2.21.